The Morgan fingerprint density at radius 2 is 2.00 bits per heavy atom. The zero-order chi connectivity index (χ0) is 26.1. The number of anilines is 1. The Bertz CT molecular complexity index is 1570. The van der Waals surface area contributed by atoms with Gasteiger partial charge in [0.05, 0.1) is 18.2 Å². The van der Waals surface area contributed by atoms with E-state index in [1.165, 1.54) is 0 Å². The Balaban J connectivity index is 1.46. The van der Waals surface area contributed by atoms with Crippen LogP contribution in [0.15, 0.2) is 53.6 Å². The molecule has 0 spiro atoms. The molecule has 2 atom stereocenters. The van der Waals surface area contributed by atoms with Crippen molar-refractivity contribution in [1.29, 1.82) is 5.26 Å². The molecule has 0 aliphatic carbocycles. The number of benzene rings is 2. The van der Waals surface area contributed by atoms with Crippen LogP contribution in [0.5, 0.6) is 6.01 Å². The molecule has 4 aromatic rings. The van der Waals surface area contributed by atoms with Gasteiger partial charge in [-0.1, -0.05) is 36.4 Å². The molecule has 10 heteroatoms. The first-order chi connectivity index (χ1) is 18.6. The Hall–Kier alpha value is -4.07. The Morgan fingerprint density at radius 1 is 1.13 bits per heavy atom. The van der Waals surface area contributed by atoms with Gasteiger partial charge in [-0.2, -0.15) is 15.2 Å². The molecule has 194 valence electrons. The van der Waals surface area contributed by atoms with Crippen molar-refractivity contribution in [1.82, 2.24) is 29.7 Å². The highest BCUT2D eigenvalue weighted by molar-refractivity contribution is 5.91. The number of nitrogens with one attached hydrogen (secondary N) is 1. The number of likely N-dealkylation sites (N-methyl/N-ethyl adjacent to an activating group) is 1. The van der Waals surface area contributed by atoms with E-state index in [0.29, 0.717) is 44.0 Å². The lowest BCUT2D eigenvalue weighted by Gasteiger charge is -2.33. The van der Waals surface area contributed by atoms with Crippen molar-refractivity contribution in [3.05, 3.63) is 59.1 Å². The van der Waals surface area contributed by atoms with Crippen molar-refractivity contribution in [2.75, 3.05) is 44.7 Å². The van der Waals surface area contributed by atoms with Gasteiger partial charge in [0.2, 0.25) is 0 Å². The summed E-state index contributed by atoms with van der Waals surface area (Å²) < 4.78 is 7.66. The minimum Gasteiger partial charge on any atom is -0.462 e. The van der Waals surface area contributed by atoms with Crippen LogP contribution >= 0.6 is 0 Å². The summed E-state index contributed by atoms with van der Waals surface area (Å²) in [6.45, 7) is 3.45. The second-order valence-electron chi connectivity index (χ2n) is 9.99. The molecule has 2 saturated heterocycles. The van der Waals surface area contributed by atoms with Crippen LogP contribution in [-0.2, 0) is 0 Å². The third-order valence-corrected chi connectivity index (χ3v) is 7.56. The molecule has 10 nitrogen and oxygen atoms in total. The van der Waals surface area contributed by atoms with Gasteiger partial charge in [-0.15, -0.1) is 0 Å². The van der Waals surface area contributed by atoms with Crippen LogP contribution in [0.3, 0.4) is 0 Å². The number of nitriles is 1. The molecule has 6 rings (SSSR count). The maximum absolute atomic E-state index is 13.9. The summed E-state index contributed by atoms with van der Waals surface area (Å²) in [5.41, 5.74) is 1.13. The van der Waals surface area contributed by atoms with E-state index in [4.69, 9.17) is 14.7 Å². The molecule has 2 aliphatic heterocycles. The molecule has 1 N–H and O–H groups in total. The maximum atomic E-state index is 13.9. The highest BCUT2D eigenvalue weighted by Gasteiger charge is 2.26. The quantitative estimate of drug-likeness (QED) is 0.418. The van der Waals surface area contributed by atoms with Gasteiger partial charge in [-0.05, 0) is 37.9 Å². The van der Waals surface area contributed by atoms with Crippen LogP contribution in [-0.4, -0.2) is 76.3 Å². The number of hydrogen-bond donors (Lipinski definition) is 1. The van der Waals surface area contributed by atoms with Crippen molar-refractivity contribution in [2.24, 2.45) is 0 Å². The van der Waals surface area contributed by atoms with Crippen LogP contribution < -0.4 is 20.5 Å². The summed E-state index contributed by atoms with van der Waals surface area (Å²) in [4.78, 5) is 32.3. The van der Waals surface area contributed by atoms with Crippen LogP contribution in [0.25, 0.3) is 27.5 Å². The minimum absolute atomic E-state index is 0.00586. The van der Waals surface area contributed by atoms with Gasteiger partial charge in [-0.3, -0.25) is 9.36 Å². The molecule has 2 aromatic carbocycles. The van der Waals surface area contributed by atoms with Gasteiger partial charge in [0.25, 0.3) is 5.56 Å². The smallest absolute Gasteiger partial charge is 0.319 e. The van der Waals surface area contributed by atoms with E-state index in [1.807, 2.05) is 42.5 Å². The molecule has 0 bridgehead atoms. The fourth-order valence-corrected chi connectivity index (χ4v) is 5.47. The first kappa shape index (κ1) is 24.3. The summed E-state index contributed by atoms with van der Waals surface area (Å²) in [5.74, 6) is 0.566. The predicted octanol–water partition coefficient (Wildman–Crippen LogP) is 2.49. The van der Waals surface area contributed by atoms with Crippen molar-refractivity contribution in [3.63, 3.8) is 0 Å². The van der Waals surface area contributed by atoms with Crippen molar-refractivity contribution in [3.8, 4) is 17.8 Å². The summed E-state index contributed by atoms with van der Waals surface area (Å²) in [6, 6.07) is 16.5. The van der Waals surface area contributed by atoms with E-state index in [0.717, 1.165) is 35.8 Å². The predicted molar refractivity (Wildman–Crippen MR) is 146 cm³/mol. The summed E-state index contributed by atoms with van der Waals surface area (Å²) in [7, 11) is 2.09. The number of likely N-dealkylation sites (tertiary alicyclic amines) is 1. The number of fused-ring (bicyclic) bond motifs is 2. The monoisotopic (exact) mass is 510 g/mol. The van der Waals surface area contributed by atoms with Crippen molar-refractivity contribution < 1.29 is 4.74 Å². The molecule has 0 amide bonds. The number of nitrogens with zero attached hydrogens (tertiary/aromatic N) is 7. The molecule has 38 heavy (non-hydrogen) atoms. The number of aromatic nitrogens is 4. The van der Waals surface area contributed by atoms with Gasteiger partial charge in [-0.25, -0.2) is 4.98 Å². The Kier molecular flexibility index (Phi) is 6.62. The van der Waals surface area contributed by atoms with E-state index in [9.17, 15) is 10.1 Å². The third-order valence-electron chi connectivity index (χ3n) is 7.56. The van der Waals surface area contributed by atoms with Gasteiger partial charge >= 0.3 is 6.01 Å². The molecule has 0 unspecified atom stereocenters. The van der Waals surface area contributed by atoms with Gasteiger partial charge in [0.1, 0.15) is 18.5 Å². The SMILES string of the molecule is CN1CCC[C@H]1COc1nc(N2CCN[C@@H](CC#N)C2)c2ncn(-c3cccc4ccccc34)c(=O)c2n1. The number of rotatable bonds is 6. The first-order valence-corrected chi connectivity index (χ1v) is 13.1. The van der Waals surface area contributed by atoms with Crippen molar-refractivity contribution in [2.45, 2.75) is 31.3 Å². The van der Waals surface area contributed by atoms with Gasteiger partial charge < -0.3 is 19.9 Å². The van der Waals surface area contributed by atoms with Gasteiger partial charge in [0.15, 0.2) is 11.3 Å². The average Bonchev–Trinajstić information content (AvgIpc) is 3.36. The minimum atomic E-state index is -0.276. The lowest BCUT2D eigenvalue weighted by Crippen LogP contribution is -2.51. The zero-order valence-corrected chi connectivity index (χ0v) is 21.4. The Labute approximate surface area is 220 Å². The average molecular weight is 511 g/mol. The highest BCUT2D eigenvalue weighted by atomic mass is 16.5. The van der Waals surface area contributed by atoms with E-state index in [2.05, 4.69) is 33.2 Å². The number of piperazine rings is 1. The fraction of sp³-hybridized carbons (Fsp3) is 0.393. The Morgan fingerprint density at radius 3 is 2.84 bits per heavy atom. The lowest BCUT2D eigenvalue weighted by molar-refractivity contribution is 0.188. The normalized spacial score (nSPS) is 20.2. The largest absolute Gasteiger partial charge is 0.462 e. The molecular weight excluding hydrogens is 480 g/mol. The fourth-order valence-electron chi connectivity index (χ4n) is 5.47. The first-order valence-electron chi connectivity index (χ1n) is 13.1. The zero-order valence-electron chi connectivity index (χ0n) is 21.4. The second kappa shape index (κ2) is 10.4. The molecular formula is C28H30N8O2. The van der Waals surface area contributed by atoms with Crippen LogP contribution in [0.1, 0.15) is 19.3 Å². The van der Waals surface area contributed by atoms with E-state index in [1.54, 1.807) is 10.9 Å². The number of hydrogen-bond acceptors (Lipinski definition) is 9. The maximum Gasteiger partial charge on any atom is 0.319 e. The molecule has 4 heterocycles. The molecule has 0 radical (unpaired) electrons. The molecule has 0 saturated carbocycles. The summed E-state index contributed by atoms with van der Waals surface area (Å²) >= 11 is 0. The lowest BCUT2D eigenvalue weighted by atomic mass is 10.1. The number of ether oxygens (including phenoxy) is 1. The summed E-state index contributed by atoms with van der Waals surface area (Å²) in [5, 5.41) is 14.6. The van der Waals surface area contributed by atoms with Crippen LogP contribution in [0, 0.1) is 11.3 Å². The molecule has 2 aromatic heterocycles. The van der Waals surface area contributed by atoms with E-state index in [-0.39, 0.29) is 29.2 Å². The highest BCUT2D eigenvalue weighted by Crippen LogP contribution is 2.27. The summed E-state index contributed by atoms with van der Waals surface area (Å²) in [6.07, 6.45) is 4.13. The van der Waals surface area contributed by atoms with E-state index >= 15 is 0 Å². The topological polar surface area (TPSA) is 112 Å². The third kappa shape index (κ3) is 4.55. The van der Waals surface area contributed by atoms with E-state index < -0.39 is 0 Å². The van der Waals surface area contributed by atoms with Crippen LogP contribution in [0.2, 0.25) is 0 Å². The second-order valence-corrected chi connectivity index (χ2v) is 9.99. The van der Waals surface area contributed by atoms with Crippen LogP contribution in [0.4, 0.5) is 5.82 Å². The molecule has 2 fully saturated rings. The molecule has 2 aliphatic rings. The standard InChI is InChI=1S/C28H30N8O2/c1-34-14-5-8-21(34)17-38-28-32-25-24(26(33-28)35-15-13-30-20(16-35)11-12-29)31-18-36(27(25)37)23-10-4-7-19-6-2-3-9-22(19)23/h2-4,6-7,9-10,18,20-21,30H,5,8,11,13-17H2,1H3/t20-,21-/m0/s1. The van der Waals surface area contributed by atoms with Gasteiger partial charge in [0, 0.05) is 37.1 Å². The van der Waals surface area contributed by atoms with Crippen molar-refractivity contribution >= 4 is 27.6 Å².